The van der Waals surface area contributed by atoms with Gasteiger partial charge in [-0.15, -0.1) is 0 Å². The van der Waals surface area contributed by atoms with Crippen LogP contribution in [0.5, 0.6) is 0 Å². The molecule has 0 radical (unpaired) electrons. The molecule has 134 valence electrons. The molecule has 2 rings (SSSR count). The number of alkyl halides is 3. The van der Waals surface area contributed by atoms with E-state index in [1.54, 1.807) is 25.1 Å². The minimum Gasteiger partial charge on any atom is -0.326 e. The number of rotatable bonds is 3. The van der Waals surface area contributed by atoms with Crippen molar-refractivity contribution in [3.63, 3.8) is 0 Å². The van der Waals surface area contributed by atoms with Crippen molar-refractivity contribution in [2.45, 2.75) is 26.4 Å². The summed E-state index contributed by atoms with van der Waals surface area (Å²) in [5.74, 6) is -6.79. The molecule has 1 amide bonds. The van der Waals surface area contributed by atoms with Crippen LogP contribution in [0.3, 0.4) is 0 Å². The van der Waals surface area contributed by atoms with Gasteiger partial charge in [0.2, 0.25) is 5.91 Å². The summed E-state index contributed by atoms with van der Waals surface area (Å²) in [4.78, 5) is 11.9. The van der Waals surface area contributed by atoms with E-state index in [0.717, 1.165) is 11.1 Å². The molecule has 0 bridgehead atoms. The maximum absolute atomic E-state index is 13.8. The van der Waals surface area contributed by atoms with Crippen molar-refractivity contribution < 1.29 is 31.1 Å². The Labute approximate surface area is 139 Å². The molecular formula is C17H13F6NO. The molecule has 2 aromatic rings. The lowest BCUT2D eigenvalue weighted by atomic mass is 10.0. The minimum atomic E-state index is -5.24. The fraction of sp³-hybridized carbons (Fsp3) is 0.235. The molecule has 0 aliphatic carbocycles. The molecule has 0 spiro atoms. The third-order valence-corrected chi connectivity index (χ3v) is 3.69. The van der Waals surface area contributed by atoms with Crippen molar-refractivity contribution >= 4 is 11.6 Å². The highest BCUT2D eigenvalue weighted by atomic mass is 19.4. The third kappa shape index (κ3) is 4.12. The zero-order chi connectivity index (χ0) is 18.9. The molecule has 25 heavy (non-hydrogen) atoms. The van der Waals surface area contributed by atoms with Gasteiger partial charge in [-0.25, -0.2) is 13.2 Å². The Kier molecular flexibility index (Phi) is 5.10. The highest BCUT2D eigenvalue weighted by Crippen LogP contribution is 2.34. The fourth-order valence-electron chi connectivity index (χ4n) is 2.19. The number of benzene rings is 2. The molecule has 0 aliphatic heterocycles. The van der Waals surface area contributed by atoms with Crippen molar-refractivity contribution in [3.8, 4) is 0 Å². The lowest BCUT2D eigenvalue weighted by molar-refractivity contribution is -0.140. The van der Waals surface area contributed by atoms with Crippen LogP contribution in [-0.4, -0.2) is 5.91 Å². The number of carbonyl (C=O) groups is 1. The molecule has 0 saturated heterocycles. The number of amides is 1. The normalized spacial score (nSPS) is 11.5. The van der Waals surface area contributed by atoms with E-state index >= 15 is 0 Å². The Morgan fingerprint density at radius 1 is 1.00 bits per heavy atom. The molecule has 0 aliphatic rings. The average molecular weight is 361 g/mol. The Hall–Kier alpha value is -2.51. The third-order valence-electron chi connectivity index (χ3n) is 3.69. The van der Waals surface area contributed by atoms with E-state index in [2.05, 4.69) is 5.32 Å². The van der Waals surface area contributed by atoms with E-state index in [1.807, 2.05) is 6.92 Å². The van der Waals surface area contributed by atoms with Gasteiger partial charge in [-0.2, -0.15) is 13.2 Å². The van der Waals surface area contributed by atoms with Gasteiger partial charge < -0.3 is 5.32 Å². The van der Waals surface area contributed by atoms with Crippen LogP contribution in [0, 0.1) is 31.3 Å². The minimum absolute atomic E-state index is 0.156. The van der Waals surface area contributed by atoms with E-state index in [9.17, 15) is 31.1 Å². The van der Waals surface area contributed by atoms with Crippen LogP contribution in [0.1, 0.15) is 22.3 Å². The summed E-state index contributed by atoms with van der Waals surface area (Å²) >= 11 is 0. The van der Waals surface area contributed by atoms with E-state index in [4.69, 9.17) is 0 Å². The first kappa shape index (κ1) is 18.8. The summed E-state index contributed by atoms with van der Waals surface area (Å²) in [6.45, 7) is 3.63. The van der Waals surface area contributed by atoms with Crippen LogP contribution < -0.4 is 5.32 Å². The van der Waals surface area contributed by atoms with Crippen LogP contribution in [0.2, 0.25) is 0 Å². The maximum atomic E-state index is 13.8. The van der Waals surface area contributed by atoms with Crippen molar-refractivity contribution in [1.82, 2.24) is 0 Å². The summed E-state index contributed by atoms with van der Waals surface area (Å²) in [5, 5.41) is 2.36. The first-order valence-corrected chi connectivity index (χ1v) is 7.11. The number of carbonyl (C=O) groups excluding carboxylic acids is 1. The van der Waals surface area contributed by atoms with Crippen molar-refractivity contribution in [1.29, 1.82) is 0 Å². The lowest BCUT2D eigenvalue weighted by Crippen LogP contribution is -2.19. The first-order valence-electron chi connectivity index (χ1n) is 7.11. The molecule has 0 heterocycles. The summed E-state index contributed by atoms with van der Waals surface area (Å²) in [7, 11) is 0. The van der Waals surface area contributed by atoms with E-state index in [1.165, 1.54) is 0 Å². The summed E-state index contributed by atoms with van der Waals surface area (Å²) in [6.07, 6.45) is -6.19. The monoisotopic (exact) mass is 361 g/mol. The van der Waals surface area contributed by atoms with Gasteiger partial charge in [0.15, 0.2) is 11.6 Å². The zero-order valence-corrected chi connectivity index (χ0v) is 13.2. The number of halogens is 6. The molecule has 0 saturated carbocycles. The summed E-state index contributed by atoms with van der Waals surface area (Å²) in [5.41, 5.74) is -0.954. The van der Waals surface area contributed by atoms with Crippen LogP contribution in [-0.2, 0) is 17.4 Å². The largest absolute Gasteiger partial charge is 0.419 e. The van der Waals surface area contributed by atoms with Gasteiger partial charge in [0.25, 0.3) is 0 Å². The summed E-state index contributed by atoms with van der Waals surface area (Å²) in [6, 6.07) is 4.73. The standard InChI is InChI=1S/C17H13F6NO/c1-8-3-4-10(5-9(8)2)24-14(25)6-11-13(18)7-12(17(21,22)23)16(20)15(11)19/h3-5,7H,6H2,1-2H3,(H,24,25). The quantitative estimate of drug-likeness (QED) is 0.610. The Morgan fingerprint density at radius 3 is 2.20 bits per heavy atom. The molecule has 2 nitrogen and oxygen atoms in total. The number of nitrogens with one attached hydrogen (secondary N) is 1. The highest BCUT2D eigenvalue weighted by Gasteiger charge is 2.37. The van der Waals surface area contributed by atoms with Gasteiger partial charge in [0.05, 0.1) is 12.0 Å². The topological polar surface area (TPSA) is 29.1 Å². The zero-order valence-electron chi connectivity index (χ0n) is 13.2. The van der Waals surface area contributed by atoms with E-state index < -0.39 is 47.1 Å². The van der Waals surface area contributed by atoms with Crippen molar-refractivity contribution in [3.05, 3.63) is 64.0 Å². The smallest absolute Gasteiger partial charge is 0.326 e. The van der Waals surface area contributed by atoms with Crippen LogP contribution >= 0.6 is 0 Å². The number of aryl methyl sites for hydroxylation is 2. The van der Waals surface area contributed by atoms with E-state index in [-0.39, 0.29) is 6.07 Å². The molecule has 8 heteroatoms. The first-order chi connectivity index (χ1) is 11.5. The number of hydrogen-bond donors (Lipinski definition) is 1. The molecule has 0 fully saturated rings. The number of hydrogen-bond acceptors (Lipinski definition) is 1. The molecule has 2 aromatic carbocycles. The van der Waals surface area contributed by atoms with Gasteiger partial charge in [-0.05, 0) is 43.2 Å². The molecule has 0 atom stereocenters. The predicted molar refractivity (Wildman–Crippen MR) is 79.6 cm³/mol. The summed E-state index contributed by atoms with van der Waals surface area (Å²) < 4.78 is 78.6. The maximum Gasteiger partial charge on any atom is 0.419 e. The van der Waals surface area contributed by atoms with Gasteiger partial charge in [-0.1, -0.05) is 6.07 Å². The van der Waals surface area contributed by atoms with Gasteiger partial charge in [0, 0.05) is 11.3 Å². The SMILES string of the molecule is Cc1ccc(NC(=O)Cc2c(F)cc(C(F)(F)F)c(F)c2F)cc1C. The van der Waals surface area contributed by atoms with Crippen molar-refractivity contribution in [2.24, 2.45) is 0 Å². The van der Waals surface area contributed by atoms with E-state index in [0.29, 0.717) is 5.69 Å². The van der Waals surface area contributed by atoms with Crippen molar-refractivity contribution in [2.75, 3.05) is 5.32 Å². The highest BCUT2D eigenvalue weighted by molar-refractivity contribution is 5.92. The van der Waals surface area contributed by atoms with Crippen LogP contribution in [0.15, 0.2) is 24.3 Å². The number of anilines is 1. The second-order valence-corrected chi connectivity index (χ2v) is 5.53. The van der Waals surface area contributed by atoms with Gasteiger partial charge in [-0.3, -0.25) is 4.79 Å². The Balaban J connectivity index is 2.26. The molecule has 1 N–H and O–H groups in total. The second-order valence-electron chi connectivity index (χ2n) is 5.53. The second kappa shape index (κ2) is 6.78. The Bertz CT molecular complexity index is 829. The lowest BCUT2D eigenvalue weighted by Gasteiger charge is -2.13. The fourth-order valence-corrected chi connectivity index (χ4v) is 2.19. The molecule has 0 aromatic heterocycles. The van der Waals surface area contributed by atoms with Gasteiger partial charge in [0.1, 0.15) is 5.82 Å². The van der Waals surface area contributed by atoms with Gasteiger partial charge >= 0.3 is 6.18 Å². The average Bonchev–Trinajstić information content (AvgIpc) is 2.50. The van der Waals surface area contributed by atoms with Crippen LogP contribution in [0.25, 0.3) is 0 Å². The van der Waals surface area contributed by atoms with Crippen LogP contribution in [0.4, 0.5) is 32.0 Å². The molecular weight excluding hydrogens is 348 g/mol. The Morgan fingerprint density at radius 2 is 1.64 bits per heavy atom. The predicted octanol–water partition coefficient (Wildman–Crippen LogP) is 4.92. The molecule has 0 unspecified atom stereocenters.